The first kappa shape index (κ1) is 19.7. The highest BCUT2D eigenvalue weighted by Crippen LogP contribution is 2.16. The number of hydrogen-bond donors (Lipinski definition) is 3. The number of guanidine groups is 1. The molecule has 3 rings (SSSR count). The molecule has 0 atom stereocenters. The summed E-state index contributed by atoms with van der Waals surface area (Å²) in [7, 11) is 1.71. The predicted molar refractivity (Wildman–Crippen MR) is 110 cm³/mol. The molecular weight excluding hydrogens is 357 g/mol. The van der Waals surface area contributed by atoms with Crippen LogP contribution in [0.1, 0.15) is 11.1 Å². The van der Waals surface area contributed by atoms with E-state index in [2.05, 4.69) is 25.8 Å². The van der Waals surface area contributed by atoms with Crippen molar-refractivity contribution in [2.24, 2.45) is 4.99 Å². The Bertz CT molecular complexity index is 822. The fourth-order valence-electron chi connectivity index (χ4n) is 3.11. The van der Waals surface area contributed by atoms with Gasteiger partial charge in [-0.2, -0.15) is 0 Å². The van der Waals surface area contributed by atoms with Crippen molar-refractivity contribution in [2.45, 2.75) is 13.0 Å². The van der Waals surface area contributed by atoms with Gasteiger partial charge in [0.15, 0.2) is 5.96 Å². The highest BCUT2D eigenvalue weighted by atomic mass is 19.1. The van der Waals surface area contributed by atoms with Crippen molar-refractivity contribution < 1.29 is 9.18 Å². The molecule has 0 spiro atoms. The van der Waals surface area contributed by atoms with Gasteiger partial charge < -0.3 is 20.9 Å². The molecule has 6 nitrogen and oxygen atoms in total. The van der Waals surface area contributed by atoms with Gasteiger partial charge in [0, 0.05) is 38.9 Å². The average molecular weight is 383 g/mol. The van der Waals surface area contributed by atoms with Crippen LogP contribution in [0, 0.1) is 5.82 Å². The van der Waals surface area contributed by atoms with Gasteiger partial charge in [0.1, 0.15) is 5.82 Å². The molecule has 1 fully saturated rings. The lowest BCUT2D eigenvalue weighted by atomic mass is 10.1. The summed E-state index contributed by atoms with van der Waals surface area (Å²) in [4.78, 5) is 17.8. The summed E-state index contributed by atoms with van der Waals surface area (Å²) >= 11 is 0. The molecular formula is C21H26FN5O. The molecule has 0 unspecified atom stereocenters. The maximum Gasteiger partial charge on any atom is 0.239 e. The van der Waals surface area contributed by atoms with Gasteiger partial charge in [0.05, 0.1) is 6.54 Å². The van der Waals surface area contributed by atoms with E-state index in [1.807, 2.05) is 30.3 Å². The highest BCUT2D eigenvalue weighted by Gasteiger charge is 2.16. The average Bonchev–Trinajstić information content (AvgIpc) is 2.72. The standard InChI is InChI=1S/C21H26FN5O/c1-23-21(25-11-10-17-4-2-3-5-19(17)22)26-14-16-6-8-18(9-7-16)27-13-12-24-20(28)15-27/h2-9H,10-15H2,1H3,(H,24,28)(H2,23,25,26). The number of amides is 1. The first-order chi connectivity index (χ1) is 13.7. The molecule has 0 bridgehead atoms. The van der Waals surface area contributed by atoms with E-state index in [0.717, 1.165) is 17.8 Å². The van der Waals surface area contributed by atoms with Gasteiger partial charge in [0.25, 0.3) is 0 Å². The third-order valence-electron chi connectivity index (χ3n) is 4.67. The number of rotatable bonds is 6. The molecule has 0 aliphatic carbocycles. The van der Waals surface area contributed by atoms with Gasteiger partial charge in [-0.1, -0.05) is 30.3 Å². The summed E-state index contributed by atoms with van der Waals surface area (Å²) in [5.41, 5.74) is 2.85. The Kier molecular flexibility index (Phi) is 6.84. The van der Waals surface area contributed by atoms with Crippen molar-refractivity contribution in [2.75, 3.05) is 38.1 Å². The van der Waals surface area contributed by atoms with Crippen LogP contribution in [0.3, 0.4) is 0 Å². The second-order valence-corrected chi connectivity index (χ2v) is 6.63. The van der Waals surface area contributed by atoms with Crippen molar-refractivity contribution in [3.05, 3.63) is 65.5 Å². The van der Waals surface area contributed by atoms with Gasteiger partial charge in [0.2, 0.25) is 5.91 Å². The van der Waals surface area contributed by atoms with Gasteiger partial charge in [-0.3, -0.25) is 9.79 Å². The molecule has 1 aliphatic heterocycles. The maximum atomic E-state index is 13.7. The number of carbonyl (C=O) groups excluding carboxylic acids is 1. The molecule has 1 amide bonds. The molecule has 2 aromatic carbocycles. The lowest BCUT2D eigenvalue weighted by Gasteiger charge is -2.28. The summed E-state index contributed by atoms with van der Waals surface area (Å²) < 4.78 is 13.7. The number of nitrogens with one attached hydrogen (secondary N) is 3. The largest absolute Gasteiger partial charge is 0.360 e. The van der Waals surface area contributed by atoms with E-state index in [1.54, 1.807) is 19.2 Å². The minimum Gasteiger partial charge on any atom is -0.360 e. The zero-order chi connectivity index (χ0) is 19.8. The zero-order valence-electron chi connectivity index (χ0n) is 16.0. The quantitative estimate of drug-likeness (QED) is 0.524. The SMILES string of the molecule is CN=C(NCCc1ccccc1F)NCc1ccc(N2CCNC(=O)C2)cc1. The van der Waals surface area contributed by atoms with Gasteiger partial charge in [-0.15, -0.1) is 0 Å². The number of halogens is 1. The Morgan fingerprint density at radius 2 is 1.96 bits per heavy atom. The zero-order valence-corrected chi connectivity index (χ0v) is 16.0. The van der Waals surface area contributed by atoms with Gasteiger partial charge in [-0.05, 0) is 35.7 Å². The Morgan fingerprint density at radius 3 is 2.68 bits per heavy atom. The number of aliphatic imine (C=N–C) groups is 1. The molecule has 2 aromatic rings. The molecule has 28 heavy (non-hydrogen) atoms. The van der Waals surface area contributed by atoms with Gasteiger partial charge >= 0.3 is 0 Å². The fourth-order valence-corrected chi connectivity index (χ4v) is 3.11. The summed E-state index contributed by atoms with van der Waals surface area (Å²) in [6, 6.07) is 14.9. The molecule has 1 saturated heterocycles. The van der Waals surface area contributed by atoms with Crippen molar-refractivity contribution in [1.82, 2.24) is 16.0 Å². The number of carbonyl (C=O) groups is 1. The Labute approximate surface area is 164 Å². The van der Waals surface area contributed by atoms with Crippen LogP contribution in [-0.4, -0.2) is 45.1 Å². The van der Waals surface area contributed by atoms with Crippen LogP contribution in [0.5, 0.6) is 0 Å². The van der Waals surface area contributed by atoms with Crippen molar-refractivity contribution in [3.8, 4) is 0 Å². The van der Waals surface area contributed by atoms with Crippen LogP contribution in [0.4, 0.5) is 10.1 Å². The summed E-state index contributed by atoms with van der Waals surface area (Å²) in [6.45, 7) is 3.12. The second-order valence-electron chi connectivity index (χ2n) is 6.63. The summed E-state index contributed by atoms with van der Waals surface area (Å²) in [5, 5.41) is 9.29. The molecule has 3 N–H and O–H groups in total. The van der Waals surface area contributed by atoms with E-state index >= 15 is 0 Å². The maximum absolute atomic E-state index is 13.7. The molecule has 1 heterocycles. The molecule has 1 aliphatic rings. The highest BCUT2D eigenvalue weighted by molar-refractivity contribution is 5.82. The van der Waals surface area contributed by atoms with Crippen molar-refractivity contribution in [1.29, 1.82) is 0 Å². The monoisotopic (exact) mass is 383 g/mol. The minimum absolute atomic E-state index is 0.0576. The van der Waals surface area contributed by atoms with E-state index in [-0.39, 0.29) is 11.7 Å². The summed E-state index contributed by atoms with van der Waals surface area (Å²) in [5.74, 6) is 0.550. The number of anilines is 1. The third kappa shape index (κ3) is 5.45. The van der Waals surface area contributed by atoms with Crippen LogP contribution in [0.2, 0.25) is 0 Å². The normalized spacial score (nSPS) is 14.6. The lowest BCUT2D eigenvalue weighted by Crippen LogP contribution is -2.47. The number of nitrogens with zero attached hydrogens (tertiary/aromatic N) is 2. The van der Waals surface area contributed by atoms with Crippen LogP contribution < -0.4 is 20.9 Å². The van der Waals surface area contributed by atoms with E-state index in [9.17, 15) is 9.18 Å². The first-order valence-corrected chi connectivity index (χ1v) is 9.44. The number of benzene rings is 2. The lowest BCUT2D eigenvalue weighted by molar-refractivity contribution is -0.120. The van der Waals surface area contributed by atoms with E-state index < -0.39 is 0 Å². The topological polar surface area (TPSA) is 68.8 Å². The van der Waals surface area contributed by atoms with Crippen LogP contribution >= 0.6 is 0 Å². The Balaban J connectivity index is 1.45. The first-order valence-electron chi connectivity index (χ1n) is 9.44. The third-order valence-corrected chi connectivity index (χ3v) is 4.67. The van der Waals surface area contributed by atoms with Gasteiger partial charge in [-0.25, -0.2) is 4.39 Å². The van der Waals surface area contributed by atoms with E-state index in [0.29, 0.717) is 44.1 Å². The van der Waals surface area contributed by atoms with E-state index in [4.69, 9.17) is 0 Å². The van der Waals surface area contributed by atoms with Crippen molar-refractivity contribution >= 4 is 17.6 Å². The molecule has 7 heteroatoms. The predicted octanol–water partition coefficient (Wildman–Crippen LogP) is 1.67. The van der Waals surface area contributed by atoms with Crippen LogP contribution in [0.15, 0.2) is 53.5 Å². The second kappa shape index (κ2) is 9.73. The molecule has 148 valence electrons. The van der Waals surface area contributed by atoms with Crippen LogP contribution in [-0.2, 0) is 17.8 Å². The minimum atomic E-state index is -0.182. The summed E-state index contributed by atoms with van der Waals surface area (Å²) in [6.07, 6.45) is 0.589. The van der Waals surface area contributed by atoms with Crippen LogP contribution in [0.25, 0.3) is 0 Å². The number of hydrogen-bond acceptors (Lipinski definition) is 3. The molecule has 0 radical (unpaired) electrons. The fraction of sp³-hybridized carbons (Fsp3) is 0.333. The van der Waals surface area contributed by atoms with Crippen molar-refractivity contribution in [3.63, 3.8) is 0 Å². The smallest absolute Gasteiger partial charge is 0.239 e. The van der Waals surface area contributed by atoms with E-state index in [1.165, 1.54) is 6.07 Å². The number of piperazine rings is 1. The Morgan fingerprint density at radius 1 is 1.18 bits per heavy atom. The molecule has 0 aromatic heterocycles. The Hall–Kier alpha value is -3.09. The molecule has 0 saturated carbocycles.